The van der Waals surface area contributed by atoms with Gasteiger partial charge in [-0.15, -0.1) is 0 Å². The summed E-state index contributed by atoms with van der Waals surface area (Å²) >= 11 is 0. The average Bonchev–Trinajstić information content (AvgIpc) is 2.95. The van der Waals surface area contributed by atoms with Gasteiger partial charge < -0.3 is 4.74 Å². The highest BCUT2D eigenvalue weighted by Gasteiger charge is 2.07. The number of nitrogens with one attached hydrogen (secondary N) is 1. The number of carbonyl (C=O) groups excluding carboxylic acids is 1. The van der Waals surface area contributed by atoms with Crippen molar-refractivity contribution in [2.24, 2.45) is 5.10 Å². The Labute approximate surface area is 148 Å². The molecule has 1 fully saturated rings. The molecular weight excluding hydrogens is 312 g/mol. The minimum Gasteiger partial charge on any atom is -0.484 e. The fourth-order valence-corrected chi connectivity index (χ4v) is 2.95. The van der Waals surface area contributed by atoms with E-state index in [1.54, 1.807) is 0 Å². The van der Waals surface area contributed by atoms with Crippen LogP contribution in [0, 0.1) is 0 Å². The van der Waals surface area contributed by atoms with E-state index in [4.69, 9.17) is 4.74 Å². The molecule has 0 bridgehead atoms. The summed E-state index contributed by atoms with van der Waals surface area (Å²) in [6, 6.07) is 17.9. The Bertz CT molecular complexity index is 698. The van der Waals surface area contributed by atoms with Crippen LogP contribution < -0.4 is 10.2 Å². The third kappa shape index (κ3) is 5.45. The molecule has 1 aliphatic rings. The Hall–Kier alpha value is -2.62. The summed E-state index contributed by atoms with van der Waals surface area (Å²) in [5.74, 6) is 0.459. The van der Waals surface area contributed by atoms with E-state index < -0.39 is 0 Å². The number of carbonyl (C=O) groups is 1. The Balaban J connectivity index is 1.48. The fraction of sp³-hybridized carbons (Fsp3) is 0.333. The maximum Gasteiger partial charge on any atom is 0.277 e. The van der Waals surface area contributed by atoms with E-state index in [2.05, 4.69) is 22.7 Å². The van der Waals surface area contributed by atoms with Crippen molar-refractivity contribution >= 4 is 11.6 Å². The molecule has 1 amide bonds. The summed E-state index contributed by atoms with van der Waals surface area (Å²) in [6.07, 6.45) is 6.83. The minimum atomic E-state index is -0.219. The third-order valence-electron chi connectivity index (χ3n) is 4.35. The smallest absolute Gasteiger partial charge is 0.277 e. The molecule has 2 aromatic carbocycles. The monoisotopic (exact) mass is 336 g/mol. The van der Waals surface area contributed by atoms with Crippen molar-refractivity contribution in [3.63, 3.8) is 0 Å². The quantitative estimate of drug-likeness (QED) is 0.643. The highest BCUT2D eigenvalue weighted by molar-refractivity contribution is 5.86. The van der Waals surface area contributed by atoms with Crippen LogP contribution in [-0.4, -0.2) is 18.2 Å². The van der Waals surface area contributed by atoms with Crippen molar-refractivity contribution in [1.29, 1.82) is 0 Å². The van der Waals surface area contributed by atoms with E-state index in [1.165, 1.54) is 25.7 Å². The van der Waals surface area contributed by atoms with Crippen molar-refractivity contribution in [3.8, 4) is 16.9 Å². The van der Waals surface area contributed by atoms with Crippen LogP contribution >= 0.6 is 0 Å². The zero-order valence-electron chi connectivity index (χ0n) is 14.4. The van der Waals surface area contributed by atoms with Gasteiger partial charge in [0.1, 0.15) is 5.75 Å². The maximum absolute atomic E-state index is 11.9. The summed E-state index contributed by atoms with van der Waals surface area (Å²) in [5.41, 5.74) is 5.99. The second-order valence-corrected chi connectivity index (χ2v) is 6.31. The normalized spacial score (nSPS) is 14.5. The zero-order valence-corrected chi connectivity index (χ0v) is 14.4. The molecule has 0 aliphatic heterocycles. The first-order valence-corrected chi connectivity index (χ1v) is 8.94. The molecule has 0 spiro atoms. The van der Waals surface area contributed by atoms with Crippen molar-refractivity contribution in [1.82, 2.24) is 5.43 Å². The number of rotatable bonds is 5. The molecule has 4 nitrogen and oxygen atoms in total. The SMILES string of the molecule is O=C(COc1ccc(-c2ccccc2)cc1)NN=C1CCCCCC1. The average molecular weight is 336 g/mol. The largest absolute Gasteiger partial charge is 0.484 e. The van der Waals surface area contributed by atoms with E-state index in [-0.39, 0.29) is 12.5 Å². The lowest BCUT2D eigenvalue weighted by Crippen LogP contribution is -2.25. The molecule has 0 atom stereocenters. The van der Waals surface area contributed by atoms with Crippen LogP contribution in [0.15, 0.2) is 59.7 Å². The Morgan fingerprint density at radius 1 is 0.880 bits per heavy atom. The molecule has 0 radical (unpaired) electrons. The first-order valence-electron chi connectivity index (χ1n) is 8.94. The van der Waals surface area contributed by atoms with Gasteiger partial charge in [-0.3, -0.25) is 4.79 Å². The summed E-state index contributed by atoms with van der Waals surface area (Å²) in [5, 5.41) is 4.25. The van der Waals surface area contributed by atoms with Gasteiger partial charge in [0, 0.05) is 5.71 Å². The van der Waals surface area contributed by atoms with E-state index in [1.807, 2.05) is 42.5 Å². The highest BCUT2D eigenvalue weighted by atomic mass is 16.5. The van der Waals surface area contributed by atoms with E-state index in [9.17, 15) is 4.79 Å². The lowest BCUT2D eigenvalue weighted by molar-refractivity contribution is -0.123. The molecule has 0 aromatic heterocycles. The van der Waals surface area contributed by atoms with Gasteiger partial charge in [-0.25, -0.2) is 5.43 Å². The molecule has 0 unspecified atom stereocenters. The lowest BCUT2D eigenvalue weighted by atomic mass is 10.1. The minimum absolute atomic E-state index is 0.0263. The van der Waals surface area contributed by atoms with Crippen LogP contribution in [0.2, 0.25) is 0 Å². The molecule has 0 saturated heterocycles. The van der Waals surface area contributed by atoms with E-state index >= 15 is 0 Å². The second-order valence-electron chi connectivity index (χ2n) is 6.31. The molecule has 25 heavy (non-hydrogen) atoms. The maximum atomic E-state index is 11.9. The lowest BCUT2D eigenvalue weighted by Gasteiger charge is -2.07. The number of nitrogens with zero attached hydrogens (tertiary/aromatic N) is 1. The van der Waals surface area contributed by atoms with Crippen LogP contribution in [0.1, 0.15) is 38.5 Å². The summed E-state index contributed by atoms with van der Waals surface area (Å²) in [6.45, 7) is -0.0263. The summed E-state index contributed by atoms with van der Waals surface area (Å²) < 4.78 is 5.54. The van der Waals surface area contributed by atoms with Crippen LogP contribution in [0.5, 0.6) is 5.75 Å². The van der Waals surface area contributed by atoms with Crippen LogP contribution in [-0.2, 0) is 4.79 Å². The first-order chi connectivity index (χ1) is 12.3. The fourth-order valence-electron chi connectivity index (χ4n) is 2.95. The van der Waals surface area contributed by atoms with Crippen molar-refractivity contribution in [2.75, 3.05) is 6.61 Å². The van der Waals surface area contributed by atoms with Gasteiger partial charge in [-0.2, -0.15) is 5.10 Å². The van der Waals surface area contributed by atoms with Gasteiger partial charge in [-0.05, 0) is 48.9 Å². The number of hydrogen-bond acceptors (Lipinski definition) is 3. The summed E-state index contributed by atoms with van der Waals surface area (Å²) in [7, 11) is 0. The van der Waals surface area contributed by atoms with E-state index in [0.717, 1.165) is 29.7 Å². The van der Waals surface area contributed by atoms with Crippen LogP contribution in [0.3, 0.4) is 0 Å². The molecule has 4 heteroatoms. The summed E-state index contributed by atoms with van der Waals surface area (Å²) in [4.78, 5) is 11.9. The second kappa shape index (κ2) is 9.02. The number of benzene rings is 2. The highest BCUT2D eigenvalue weighted by Crippen LogP contribution is 2.22. The Morgan fingerprint density at radius 2 is 1.52 bits per heavy atom. The Morgan fingerprint density at radius 3 is 2.20 bits per heavy atom. The topological polar surface area (TPSA) is 50.7 Å². The van der Waals surface area contributed by atoms with Crippen molar-refractivity contribution in [3.05, 3.63) is 54.6 Å². The molecule has 1 aliphatic carbocycles. The number of ether oxygens (including phenoxy) is 1. The molecule has 0 heterocycles. The van der Waals surface area contributed by atoms with Crippen molar-refractivity contribution < 1.29 is 9.53 Å². The Kier molecular flexibility index (Phi) is 6.21. The molecule has 1 saturated carbocycles. The predicted octanol–water partition coefficient (Wildman–Crippen LogP) is 4.56. The van der Waals surface area contributed by atoms with Gasteiger partial charge >= 0.3 is 0 Å². The first kappa shape index (κ1) is 17.2. The number of amides is 1. The number of hydrogen-bond donors (Lipinski definition) is 1. The number of hydrazone groups is 1. The zero-order chi connectivity index (χ0) is 17.3. The van der Waals surface area contributed by atoms with Crippen LogP contribution in [0.25, 0.3) is 11.1 Å². The van der Waals surface area contributed by atoms with Crippen molar-refractivity contribution in [2.45, 2.75) is 38.5 Å². The molecular formula is C21H24N2O2. The standard InChI is InChI=1S/C21H24N2O2/c24-21(23-22-19-10-6-1-2-7-11-19)16-25-20-14-12-18(13-15-20)17-8-4-3-5-9-17/h3-5,8-9,12-15H,1-2,6-7,10-11,16H2,(H,23,24). The predicted molar refractivity (Wildman–Crippen MR) is 101 cm³/mol. The van der Waals surface area contributed by atoms with E-state index in [0.29, 0.717) is 5.75 Å². The van der Waals surface area contributed by atoms with Gasteiger partial charge in [0.05, 0.1) is 0 Å². The molecule has 3 rings (SSSR count). The molecule has 130 valence electrons. The van der Waals surface area contributed by atoms with Gasteiger partial charge in [0.2, 0.25) is 0 Å². The molecule has 1 N–H and O–H groups in total. The van der Waals surface area contributed by atoms with Gasteiger partial charge in [0.25, 0.3) is 5.91 Å². The van der Waals surface area contributed by atoms with Crippen LogP contribution in [0.4, 0.5) is 0 Å². The molecule has 2 aromatic rings. The third-order valence-corrected chi connectivity index (χ3v) is 4.35. The van der Waals surface area contributed by atoms with Gasteiger partial charge in [0.15, 0.2) is 6.61 Å². The van der Waals surface area contributed by atoms with Gasteiger partial charge in [-0.1, -0.05) is 55.3 Å².